The average Bonchev–Trinajstić information content (AvgIpc) is 3.06. The number of aldehydes is 1. The molecule has 0 radical (unpaired) electrons. The minimum Gasteiger partial charge on any atom is -0.312 e. The van der Waals surface area contributed by atoms with Crippen molar-refractivity contribution in [2.45, 2.75) is 46.1 Å². The van der Waals surface area contributed by atoms with Gasteiger partial charge in [0, 0.05) is 17.7 Å². The molecular formula is C15H20ClN3O. The van der Waals surface area contributed by atoms with E-state index >= 15 is 0 Å². The lowest BCUT2D eigenvalue weighted by Gasteiger charge is -2.12. The van der Waals surface area contributed by atoms with Crippen molar-refractivity contribution in [3.8, 4) is 0 Å². The van der Waals surface area contributed by atoms with Crippen LogP contribution >= 0.6 is 11.6 Å². The Kier molecular flexibility index (Phi) is 4.76. The lowest BCUT2D eigenvalue weighted by atomic mass is 10.1. The standard InChI is InChI=1S/C13H14ClN3O.C2H6/c1-8-4-11(14)12-13(16-8)17(7-15-12)10-3-2-9(5-10)6-18;1-2/h4,6-7,9-10H,2-3,5H2,1H3;1-2H3/t9?,10-;/m0./s1. The summed E-state index contributed by atoms with van der Waals surface area (Å²) in [7, 11) is 0. The largest absolute Gasteiger partial charge is 0.312 e. The first-order valence-corrected chi connectivity index (χ1v) is 7.52. The van der Waals surface area contributed by atoms with Crippen molar-refractivity contribution in [2.75, 3.05) is 0 Å². The van der Waals surface area contributed by atoms with E-state index in [0.717, 1.165) is 42.4 Å². The van der Waals surface area contributed by atoms with Crippen LogP contribution in [0.25, 0.3) is 11.2 Å². The maximum Gasteiger partial charge on any atom is 0.161 e. The first kappa shape index (κ1) is 15.0. The highest BCUT2D eigenvalue weighted by Gasteiger charge is 2.27. The predicted molar refractivity (Wildman–Crippen MR) is 81.1 cm³/mol. The van der Waals surface area contributed by atoms with E-state index in [1.54, 1.807) is 6.33 Å². The van der Waals surface area contributed by atoms with E-state index in [4.69, 9.17) is 11.6 Å². The minimum atomic E-state index is 0.174. The Balaban J connectivity index is 0.000000704. The number of carbonyl (C=O) groups excluding carboxylic acids is 1. The molecule has 2 aromatic rings. The molecule has 0 N–H and O–H groups in total. The fourth-order valence-corrected chi connectivity index (χ4v) is 3.01. The molecule has 2 heterocycles. The van der Waals surface area contributed by atoms with Crippen molar-refractivity contribution in [1.29, 1.82) is 0 Å². The molecule has 1 aliphatic rings. The second-order valence-corrected chi connectivity index (χ2v) is 5.34. The van der Waals surface area contributed by atoms with Gasteiger partial charge in [0.05, 0.1) is 11.3 Å². The Hall–Kier alpha value is -1.42. The van der Waals surface area contributed by atoms with E-state index in [0.29, 0.717) is 11.1 Å². The molecule has 108 valence electrons. The number of pyridine rings is 1. The van der Waals surface area contributed by atoms with Crippen LogP contribution in [0.1, 0.15) is 44.8 Å². The number of carbonyl (C=O) groups is 1. The normalized spacial score (nSPS) is 21.6. The number of imidazole rings is 1. The fourth-order valence-electron chi connectivity index (χ4n) is 2.72. The number of aryl methyl sites for hydroxylation is 1. The molecule has 2 aromatic heterocycles. The molecule has 1 unspecified atom stereocenters. The van der Waals surface area contributed by atoms with Gasteiger partial charge in [0.25, 0.3) is 0 Å². The van der Waals surface area contributed by atoms with Gasteiger partial charge in [-0.2, -0.15) is 0 Å². The molecule has 2 atom stereocenters. The Morgan fingerprint density at radius 1 is 1.40 bits per heavy atom. The van der Waals surface area contributed by atoms with Crippen LogP contribution in [0.2, 0.25) is 5.02 Å². The molecule has 1 fully saturated rings. The second kappa shape index (κ2) is 6.35. The van der Waals surface area contributed by atoms with Crippen LogP contribution in [0.3, 0.4) is 0 Å². The van der Waals surface area contributed by atoms with E-state index in [-0.39, 0.29) is 5.92 Å². The van der Waals surface area contributed by atoms with E-state index in [9.17, 15) is 4.79 Å². The molecule has 0 bridgehead atoms. The highest BCUT2D eigenvalue weighted by atomic mass is 35.5. The van der Waals surface area contributed by atoms with Crippen LogP contribution in [-0.2, 0) is 4.79 Å². The quantitative estimate of drug-likeness (QED) is 0.787. The summed E-state index contributed by atoms with van der Waals surface area (Å²) in [5.74, 6) is 0.174. The lowest BCUT2D eigenvalue weighted by molar-refractivity contribution is -0.110. The summed E-state index contributed by atoms with van der Waals surface area (Å²) in [4.78, 5) is 19.7. The highest BCUT2D eigenvalue weighted by molar-refractivity contribution is 6.34. The summed E-state index contributed by atoms with van der Waals surface area (Å²) in [5.41, 5.74) is 2.47. The summed E-state index contributed by atoms with van der Waals surface area (Å²) >= 11 is 6.17. The van der Waals surface area contributed by atoms with Gasteiger partial charge in [-0.1, -0.05) is 25.4 Å². The minimum absolute atomic E-state index is 0.174. The number of nitrogens with zero attached hydrogens (tertiary/aromatic N) is 3. The van der Waals surface area contributed by atoms with E-state index in [1.165, 1.54) is 0 Å². The summed E-state index contributed by atoms with van der Waals surface area (Å²) in [6.07, 6.45) is 5.68. The topological polar surface area (TPSA) is 47.8 Å². The molecule has 0 aliphatic heterocycles. The summed E-state index contributed by atoms with van der Waals surface area (Å²) in [6.45, 7) is 5.92. The zero-order valence-electron chi connectivity index (χ0n) is 12.1. The fraction of sp³-hybridized carbons (Fsp3) is 0.533. The number of rotatable bonds is 2. The van der Waals surface area contributed by atoms with Crippen LogP contribution in [0.15, 0.2) is 12.4 Å². The molecule has 5 heteroatoms. The van der Waals surface area contributed by atoms with Crippen molar-refractivity contribution in [3.05, 3.63) is 23.1 Å². The molecule has 0 spiro atoms. The summed E-state index contributed by atoms with van der Waals surface area (Å²) in [6, 6.07) is 2.14. The van der Waals surface area contributed by atoms with Crippen molar-refractivity contribution < 1.29 is 4.79 Å². The monoisotopic (exact) mass is 293 g/mol. The van der Waals surface area contributed by atoms with Crippen LogP contribution in [0, 0.1) is 12.8 Å². The third-order valence-electron chi connectivity index (χ3n) is 3.64. The average molecular weight is 294 g/mol. The molecule has 0 aromatic carbocycles. The maximum absolute atomic E-state index is 10.8. The Morgan fingerprint density at radius 3 is 2.80 bits per heavy atom. The molecule has 20 heavy (non-hydrogen) atoms. The molecule has 0 amide bonds. The van der Waals surface area contributed by atoms with Gasteiger partial charge in [0.2, 0.25) is 0 Å². The van der Waals surface area contributed by atoms with Gasteiger partial charge in [-0.3, -0.25) is 0 Å². The van der Waals surface area contributed by atoms with Crippen LogP contribution in [0.5, 0.6) is 0 Å². The van der Waals surface area contributed by atoms with Gasteiger partial charge >= 0.3 is 0 Å². The van der Waals surface area contributed by atoms with Crippen LogP contribution in [0.4, 0.5) is 0 Å². The second-order valence-electron chi connectivity index (χ2n) is 4.93. The van der Waals surface area contributed by atoms with Crippen molar-refractivity contribution >= 4 is 29.1 Å². The van der Waals surface area contributed by atoms with Gasteiger partial charge < -0.3 is 9.36 Å². The SMILES string of the molecule is CC.Cc1cc(Cl)c2ncn([C@H]3CCC(C=O)C3)c2n1. The molecule has 4 nitrogen and oxygen atoms in total. The Morgan fingerprint density at radius 2 is 2.15 bits per heavy atom. The molecular weight excluding hydrogens is 274 g/mol. The first-order chi connectivity index (χ1) is 9.69. The number of hydrogen-bond donors (Lipinski definition) is 0. The van der Waals surface area contributed by atoms with E-state index in [1.807, 2.05) is 26.8 Å². The number of fused-ring (bicyclic) bond motifs is 1. The van der Waals surface area contributed by atoms with Gasteiger partial charge in [-0.05, 0) is 32.3 Å². The Bertz CT molecular complexity index is 608. The van der Waals surface area contributed by atoms with Gasteiger partial charge in [-0.15, -0.1) is 0 Å². The molecule has 0 saturated heterocycles. The van der Waals surface area contributed by atoms with Gasteiger partial charge in [-0.25, -0.2) is 9.97 Å². The molecule has 1 aliphatic carbocycles. The van der Waals surface area contributed by atoms with Crippen molar-refractivity contribution in [2.24, 2.45) is 5.92 Å². The van der Waals surface area contributed by atoms with E-state index in [2.05, 4.69) is 14.5 Å². The lowest BCUT2D eigenvalue weighted by Crippen LogP contribution is -2.06. The number of halogens is 1. The predicted octanol–water partition coefficient (Wildman–Crippen LogP) is 3.96. The molecule has 3 rings (SSSR count). The highest BCUT2D eigenvalue weighted by Crippen LogP contribution is 2.35. The maximum atomic E-state index is 10.8. The number of aromatic nitrogens is 3. The van der Waals surface area contributed by atoms with Crippen LogP contribution in [-0.4, -0.2) is 20.8 Å². The third kappa shape index (κ3) is 2.70. The summed E-state index contributed by atoms with van der Waals surface area (Å²) < 4.78 is 2.07. The first-order valence-electron chi connectivity index (χ1n) is 7.14. The summed E-state index contributed by atoms with van der Waals surface area (Å²) in [5, 5.41) is 0.640. The zero-order valence-corrected chi connectivity index (χ0v) is 12.9. The smallest absolute Gasteiger partial charge is 0.161 e. The third-order valence-corrected chi connectivity index (χ3v) is 3.93. The van der Waals surface area contributed by atoms with Crippen LogP contribution < -0.4 is 0 Å². The number of hydrogen-bond acceptors (Lipinski definition) is 3. The molecule has 1 saturated carbocycles. The van der Waals surface area contributed by atoms with Gasteiger partial charge in [0.15, 0.2) is 5.65 Å². The van der Waals surface area contributed by atoms with Crippen molar-refractivity contribution in [1.82, 2.24) is 14.5 Å². The zero-order chi connectivity index (χ0) is 14.7. The Labute approximate surface area is 124 Å². The van der Waals surface area contributed by atoms with Crippen molar-refractivity contribution in [3.63, 3.8) is 0 Å². The van der Waals surface area contributed by atoms with Gasteiger partial charge in [0.1, 0.15) is 11.8 Å². The van der Waals surface area contributed by atoms with E-state index < -0.39 is 0 Å².